The van der Waals surface area contributed by atoms with E-state index in [1.54, 1.807) is 30.4 Å². The standard InChI is InChI=1S/C11H12N2O3/c1-16-11(15)9-6-2-4-8(13-9)5-3-7-10(12)14/h2-6H,7H2,1H3,(H2,12,14). The lowest BCUT2D eigenvalue weighted by Crippen LogP contribution is -2.08. The highest BCUT2D eigenvalue weighted by molar-refractivity contribution is 5.87. The van der Waals surface area contributed by atoms with Crippen molar-refractivity contribution in [3.8, 4) is 0 Å². The predicted molar refractivity (Wildman–Crippen MR) is 58.4 cm³/mol. The molecule has 0 aliphatic heterocycles. The van der Waals surface area contributed by atoms with Gasteiger partial charge in [-0.2, -0.15) is 0 Å². The van der Waals surface area contributed by atoms with Crippen LogP contribution in [0.4, 0.5) is 0 Å². The highest BCUT2D eigenvalue weighted by Gasteiger charge is 2.05. The van der Waals surface area contributed by atoms with Crippen LogP contribution in [0.1, 0.15) is 22.6 Å². The van der Waals surface area contributed by atoms with Gasteiger partial charge in [-0.15, -0.1) is 0 Å². The molecule has 0 fully saturated rings. The Hall–Kier alpha value is -2.17. The van der Waals surface area contributed by atoms with Crippen LogP contribution in [0.15, 0.2) is 24.3 Å². The molecule has 0 saturated carbocycles. The minimum Gasteiger partial charge on any atom is -0.464 e. The summed E-state index contributed by atoms with van der Waals surface area (Å²) in [6, 6.07) is 4.95. The Kier molecular flexibility index (Phi) is 4.20. The molecule has 0 bridgehead atoms. The number of carbonyl (C=O) groups is 2. The zero-order valence-electron chi connectivity index (χ0n) is 8.84. The zero-order chi connectivity index (χ0) is 12.0. The van der Waals surface area contributed by atoms with Gasteiger partial charge in [0.1, 0.15) is 5.69 Å². The van der Waals surface area contributed by atoms with E-state index >= 15 is 0 Å². The second-order valence-corrected chi connectivity index (χ2v) is 3.01. The van der Waals surface area contributed by atoms with E-state index in [9.17, 15) is 9.59 Å². The molecule has 1 rings (SSSR count). The number of methoxy groups -OCH3 is 1. The van der Waals surface area contributed by atoms with Gasteiger partial charge in [-0.1, -0.05) is 12.1 Å². The molecule has 1 heterocycles. The molecule has 0 aliphatic rings. The lowest BCUT2D eigenvalue weighted by Gasteiger charge is -1.98. The smallest absolute Gasteiger partial charge is 0.356 e. The number of hydrogen-bond donors (Lipinski definition) is 1. The number of aromatic nitrogens is 1. The Morgan fingerprint density at radius 2 is 2.25 bits per heavy atom. The van der Waals surface area contributed by atoms with Gasteiger partial charge in [-0.05, 0) is 18.2 Å². The number of esters is 1. The summed E-state index contributed by atoms with van der Waals surface area (Å²) in [5.74, 6) is -0.912. The van der Waals surface area contributed by atoms with Crippen molar-refractivity contribution in [2.24, 2.45) is 5.73 Å². The molecule has 1 amide bonds. The number of nitrogens with two attached hydrogens (primary N) is 1. The molecular weight excluding hydrogens is 208 g/mol. The second kappa shape index (κ2) is 5.65. The largest absolute Gasteiger partial charge is 0.464 e. The second-order valence-electron chi connectivity index (χ2n) is 3.01. The minimum atomic E-state index is -0.495. The average molecular weight is 220 g/mol. The number of carbonyl (C=O) groups excluding carboxylic acids is 2. The lowest BCUT2D eigenvalue weighted by molar-refractivity contribution is -0.117. The first-order chi connectivity index (χ1) is 7.63. The van der Waals surface area contributed by atoms with E-state index in [2.05, 4.69) is 9.72 Å². The van der Waals surface area contributed by atoms with Crippen molar-refractivity contribution in [2.75, 3.05) is 7.11 Å². The van der Waals surface area contributed by atoms with Crippen LogP contribution in [0.25, 0.3) is 6.08 Å². The van der Waals surface area contributed by atoms with E-state index in [1.807, 2.05) is 0 Å². The first kappa shape index (κ1) is 11.9. The quantitative estimate of drug-likeness (QED) is 0.759. The maximum Gasteiger partial charge on any atom is 0.356 e. The Morgan fingerprint density at radius 3 is 2.88 bits per heavy atom. The van der Waals surface area contributed by atoms with Crippen LogP contribution in [0.3, 0.4) is 0 Å². The summed E-state index contributed by atoms with van der Waals surface area (Å²) in [5.41, 5.74) is 5.77. The molecule has 0 saturated heterocycles. The van der Waals surface area contributed by atoms with Gasteiger partial charge in [0.05, 0.1) is 12.8 Å². The van der Waals surface area contributed by atoms with Crippen molar-refractivity contribution in [2.45, 2.75) is 6.42 Å². The molecule has 1 aromatic rings. The zero-order valence-corrected chi connectivity index (χ0v) is 8.84. The van der Waals surface area contributed by atoms with Gasteiger partial charge in [0.15, 0.2) is 0 Å². The Labute approximate surface area is 92.9 Å². The molecule has 1 aromatic heterocycles. The Morgan fingerprint density at radius 1 is 1.50 bits per heavy atom. The Bertz CT molecular complexity index is 427. The number of rotatable bonds is 4. The van der Waals surface area contributed by atoms with E-state index in [-0.39, 0.29) is 12.1 Å². The van der Waals surface area contributed by atoms with Gasteiger partial charge in [-0.3, -0.25) is 4.79 Å². The molecule has 16 heavy (non-hydrogen) atoms. The third-order valence-corrected chi connectivity index (χ3v) is 1.77. The molecule has 0 spiro atoms. The summed E-state index contributed by atoms with van der Waals surface area (Å²) in [6.07, 6.45) is 3.35. The maximum atomic E-state index is 11.2. The SMILES string of the molecule is COC(=O)c1cccc(C=CCC(N)=O)n1. The summed E-state index contributed by atoms with van der Waals surface area (Å²) in [6.45, 7) is 0. The van der Waals surface area contributed by atoms with Crippen molar-refractivity contribution in [3.63, 3.8) is 0 Å². The maximum absolute atomic E-state index is 11.2. The fraction of sp³-hybridized carbons (Fsp3) is 0.182. The van der Waals surface area contributed by atoms with E-state index in [1.165, 1.54) is 7.11 Å². The van der Waals surface area contributed by atoms with E-state index in [0.717, 1.165) is 0 Å². The first-order valence-electron chi connectivity index (χ1n) is 4.63. The van der Waals surface area contributed by atoms with Crippen molar-refractivity contribution in [3.05, 3.63) is 35.7 Å². The van der Waals surface area contributed by atoms with E-state index < -0.39 is 11.9 Å². The number of ether oxygens (including phenoxy) is 1. The van der Waals surface area contributed by atoms with E-state index in [0.29, 0.717) is 5.69 Å². The molecule has 0 atom stereocenters. The lowest BCUT2D eigenvalue weighted by atomic mass is 10.2. The van der Waals surface area contributed by atoms with Crippen molar-refractivity contribution < 1.29 is 14.3 Å². The predicted octanol–water partition coefficient (Wildman–Crippen LogP) is 0.757. The van der Waals surface area contributed by atoms with Gasteiger partial charge in [-0.25, -0.2) is 9.78 Å². The van der Waals surface area contributed by atoms with Crippen LogP contribution < -0.4 is 5.73 Å². The molecular formula is C11H12N2O3. The number of hydrogen-bond acceptors (Lipinski definition) is 4. The first-order valence-corrected chi connectivity index (χ1v) is 4.63. The monoisotopic (exact) mass is 220 g/mol. The summed E-state index contributed by atoms with van der Waals surface area (Å²) >= 11 is 0. The molecule has 5 nitrogen and oxygen atoms in total. The summed E-state index contributed by atoms with van der Waals surface area (Å²) in [5, 5.41) is 0. The number of primary amides is 1. The van der Waals surface area contributed by atoms with Crippen molar-refractivity contribution in [1.82, 2.24) is 4.98 Å². The van der Waals surface area contributed by atoms with Crippen LogP contribution in [0.5, 0.6) is 0 Å². The fourth-order valence-electron chi connectivity index (χ4n) is 1.06. The van der Waals surface area contributed by atoms with Gasteiger partial charge in [0.2, 0.25) is 5.91 Å². The highest BCUT2D eigenvalue weighted by atomic mass is 16.5. The fourth-order valence-corrected chi connectivity index (χ4v) is 1.06. The topological polar surface area (TPSA) is 82.3 Å². The van der Waals surface area contributed by atoms with Crippen LogP contribution in [-0.2, 0) is 9.53 Å². The third-order valence-electron chi connectivity index (χ3n) is 1.77. The number of pyridine rings is 1. The Balaban J connectivity index is 2.78. The molecule has 0 aromatic carbocycles. The van der Waals surface area contributed by atoms with Gasteiger partial charge in [0, 0.05) is 6.42 Å². The van der Waals surface area contributed by atoms with Crippen LogP contribution >= 0.6 is 0 Å². The summed E-state index contributed by atoms with van der Waals surface area (Å²) in [4.78, 5) is 25.7. The molecule has 84 valence electrons. The molecule has 2 N–H and O–H groups in total. The normalized spacial score (nSPS) is 10.3. The molecule has 0 aliphatic carbocycles. The van der Waals surface area contributed by atoms with Crippen LogP contribution in [0, 0.1) is 0 Å². The summed E-state index contributed by atoms with van der Waals surface area (Å²) in [7, 11) is 1.29. The summed E-state index contributed by atoms with van der Waals surface area (Å²) < 4.78 is 4.53. The van der Waals surface area contributed by atoms with Gasteiger partial charge >= 0.3 is 5.97 Å². The average Bonchev–Trinajstić information content (AvgIpc) is 2.28. The van der Waals surface area contributed by atoms with Gasteiger partial charge < -0.3 is 10.5 Å². The number of amides is 1. The third kappa shape index (κ3) is 3.53. The van der Waals surface area contributed by atoms with Crippen molar-refractivity contribution in [1.29, 1.82) is 0 Å². The van der Waals surface area contributed by atoms with Crippen LogP contribution in [-0.4, -0.2) is 24.0 Å². The highest BCUT2D eigenvalue weighted by Crippen LogP contribution is 2.03. The van der Waals surface area contributed by atoms with Crippen molar-refractivity contribution >= 4 is 18.0 Å². The molecule has 0 radical (unpaired) electrons. The van der Waals surface area contributed by atoms with Crippen LogP contribution in [0.2, 0.25) is 0 Å². The van der Waals surface area contributed by atoms with Gasteiger partial charge in [0.25, 0.3) is 0 Å². The molecule has 0 unspecified atom stereocenters. The van der Waals surface area contributed by atoms with E-state index in [4.69, 9.17) is 5.73 Å². The molecule has 5 heteroatoms. The number of nitrogens with zero attached hydrogens (tertiary/aromatic N) is 1. The minimum absolute atomic E-state index is 0.143.